The van der Waals surface area contributed by atoms with E-state index in [2.05, 4.69) is 18.8 Å². The molecule has 0 bridgehead atoms. The molecule has 0 aliphatic rings. The fourth-order valence-electron chi connectivity index (χ4n) is 2.54. The first-order chi connectivity index (χ1) is 9.58. The van der Waals surface area contributed by atoms with Gasteiger partial charge in [0.25, 0.3) is 0 Å². The summed E-state index contributed by atoms with van der Waals surface area (Å²) in [6.45, 7) is 4.21. The number of carboxylic acids is 1. The Balaban J connectivity index is 2.60. The van der Waals surface area contributed by atoms with E-state index in [1.165, 1.54) is 0 Å². The maximum Gasteiger partial charge on any atom is 0.339 e. The highest BCUT2D eigenvalue weighted by atomic mass is 16.4. The molecule has 106 valence electrons. The largest absolute Gasteiger partial charge is 0.478 e. The lowest BCUT2D eigenvalue weighted by Crippen LogP contribution is -2.32. The Kier molecular flexibility index (Phi) is 4.23. The first kappa shape index (κ1) is 14.3. The van der Waals surface area contributed by atoms with Crippen LogP contribution in [0.25, 0.3) is 10.9 Å². The van der Waals surface area contributed by atoms with Crippen molar-refractivity contribution in [1.82, 2.24) is 4.98 Å². The number of hydrogen-bond acceptors (Lipinski definition) is 3. The van der Waals surface area contributed by atoms with Gasteiger partial charge >= 0.3 is 5.97 Å². The van der Waals surface area contributed by atoms with Crippen molar-refractivity contribution in [3.63, 3.8) is 0 Å². The van der Waals surface area contributed by atoms with Crippen LogP contribution in [0.3, 0.4) is 0 Å². The van der Waals surface area contributed by atoms with E-state index in [-0.39, 0.29) is 5.56 Å². The highest BCUT2D eigenvalue weighted by molar-refractivity contribution is 5.98. The Bertz CT molecular complexity index is 621. The second-order valence-corrected chi connectivity index (χ2v) is 4.94. The number of aromatic carboxylic acids is 1. The van der Waals surface area contributed by atoms with Gasteiger partial charge in [0.2, 0.25) is 0 Å². The standard InChI is InChI=1S/C16H20N2O2/c1-4-12(5-2)18(3)15-13(16(19)20)10-11-8-6-7-9-14(11)17-15/h6-10,12H,4-5H2,1-3H3,(H,19,20). The van der Waals surface area contributed by atoms with Gasteiger partial charge in [0.05, 0.1) is 5.52 Å². The van der Waals surface area contributed by atoms with Crippen molar-refractivity contribution >= 4 is 22.7 Å². The van der Waals surface area contributed by atoms with Crippen molar-refractivity contribution in [3.05, 3.63) is 35.9 Å². The predicted molar refractivity (Wildman–Crippen MR) is 81.5 cm³/mol. The summed E-state index contributed by atoms with van der Waals surface area (Å²) in [6.07, 6.45) is 1.92. The minimum atomic E-state index is -0.934. The number of para-hydroxylation sites is 1. The summed E-state index contributed by atoms with van der Waals surface area (Å²) in [5.74, 6) is -0.388. The van der Waals surface area contributed by atoms with E-state index >= 15 is 0 Å². The number of fused-ring (bicyclic) bond motifs is 1. The molecule has 1 aromatic heterocycles. The van der Waals surface area contributed by atoms with Crippen LogP contribution >= 0.6 is 0 Å². The minimum Gasteiger partial charge on any atom is -0.478 e. The molecule has 0 aliphatic heterocycles. The van der Waals surface area contributed by atoms with Crippen molar-refractivity contribution in [3.8, 4) is 0 Å². The van der Waals surface area contributed by atoms with E-state index in [0.29, 0.717) is 11.9 Å². The highest BCUT2D eigenvalue weighted by Gasteiger charge is 2.20. The summed E-state index contributed by atoms with van der Waals surface area (Å²) in [5.41, 5.74) is 1.09. The summed E-state index contributed by atoms with van der Waals surface area (Å²) >= 11 is 0. The number of benzene rings is 1. The normalized spacial score (nSPS) is 11.0. The van der Waals surface area contributed by atoms with Gasteiger partial charge < -0.3 is 10.0 Å². The lowest BCUT2D eigenvalue weighted by Gasteiger charge is -2.28. The Morgan fingerprint density at radius 3 is 2.55 bits per heavy atom. The van der Waals surface area contributed by atoms with E-state index in [9.17, 15) is 9.90 Å². The summed E-state index contributed by atoms with van der Waals surface area (Å²) in [7, 11) is 1.92. The summed E-state index contributed by atoms with van der Waals surface area (Å²) < 4.78 is 0. The number of carboxylic acid groups (broad SMARTS) is 1. The molecule has 0 fully saturated rings. The van der Waals surface area contributed by atoms with Crippen molar-refractivity contribution < 1.29 is 9.90 Å². The smallest absolute Gasteiger partial charge is 0.339 e. The average Bonchev–Trinajstić information content (AvgIpc) is 2.46. The molecule has 20 heavy (non-hydrogen) atoms. The van der Waals surface area contributed by atoms with Crippen LogP contribution in [0, 0.1) is 0 Å². The molecule has 2 rings (SSSR count). The van der Waals surface area contributed by atoms with E-state index < -0.39 is 5.97 Å². The molecule has 1 N–H and O–H groups in total. The molecule has 0 saturated heterocycles. The molecular weight excluding hydrogens is 252 g/mol. The molecule has 0 unspecified atom stereocenters. The van der Waals surface area contributed by atoms with Crippen LogP contribution in [0.5, 0.6) is 0 Å². The third-order valence-corrected chi connectivity index (χ3v) is 3.76. The number of anilines is 1. The molecule has 4 heteroatoms. The van der Waals surface area contributed by atoms with Crippen molar-refractivity contribution in [2.45, 2.75) is 32.7 Å². The molecule has 0 radical (unpaired) electrons. The Morgan fingerprint density at radius 1 is 1.30 bits per heavy atom. The minimum absolute atomic E-state index is 0.262. The van der Waals surface area contributed by atoms with Crippen LogP contribution in [-0.2, 0) is 0 Å². The van der Waals surface area contributed by atoms with Gasteiger partial charge in [-0.25, -0.2) is 9.78 Å². The zero-order chi connectivity index (χ0) is 14.7. The monoisotopic (exact) mass is 272 g/mol. The Morgan fingerprint density at radius 2 is 1.95 bits per heavy atom. The van der Waals surface area contributed by atoms with Crippen LogP contribution < -0.4 is 4.90 Å². The quantitative estimate of drug-likeness (QED) is 0.904. The fourth-order valence-corrected chi connectivity index (χ4v) is 2.54. The third-order valence-electron chi connectivity index (χ3n) is 3.76. The average molecular weight is 272 g/mol. The van der Waals surface area contributed by atoms with Gasteiger partial charge in [-0.1, -0.05) is 32.0 Å². The second-order valence-electron chi connectivity index (χ2n) is 4.94. The van der Waals surface area contributed by atoms with Gasteiger partial charge in [0, 0.05) is 18.5 Å². The van der Waals surface area contributed by atoms with E-state index in [1.54, 1.807) is 6.07 Å². The molecule has 2 aromatic rings. The molecular formula is C16H20N2O2. The zero-order valence-electron chi connectivity index (χ0n) is 12.1. The van der Waals surface area contributed by atoms with Gasteiger partial charge in [-0.3, -0.25) is 0 Å². The highest BCUT2D eigenvalue weighted by Crippen LogP contribution is 2.25. The Labute approximate surface area is 119 Å². The van der Waals surface area contributed by atoms with Gasteiger partial charge in [-0.05, 0) is 25.0 Å². The van der Waals surface area contributed by atoms with E-state index in [0.717, 1.165) is 23.7 Å². The molecule has 1 aromatic carbocycles. The van der Waals surface area contributed by atoms with Gasteiger partial charge in [-0.15, -0.1) is 0 Å². The topological polar surface area (TPSA) is 53.4 Å². The SMILES string of the molecule is CCC(CC)N(C)c1nc2ccccc2cc1C(=O)O. The summed E-state index contributed by atoms with van der Waals surface area (Å²) in [5, 5.41) is 10.3. The van der Waals surface area contributed by atoms with Crippen LogP contribution in [0.1, 0.15) is 37.0 Å². The molecule has 0 spiro atoms. The summed E-state index contributed by atoms with van der Waals surface area (Å²) in [6, 6.07) is 9.60. The molecule has 0 amide bonds. The van der Waals surface area contributed by atoms with Crippen molar-refractivity contribution in [2.24, 2.45) is 0 Å². The lowest BCUT2D eigenvalue weighted by atomic mass is 10.1. The van der Waals surface area contributed by atoms with E-state index in [4.69, 9.17) is 0 Å². The maximum atomic E-state index is 11.5. The summed E-state index contributed by atoms with van der Waals surface area (Å²) in [4.78, 5) is 18.0. The number of pyridine rings is 1. The number of hydrogen-bond donors (Lipinski definition) is 1. The molecule has 1 heterocycles. The predicted octanol–water partition coefficient (Wildman–Crippen LogP) is 3.56. The fraction of sp³-hybridized carbons (Fsp3) is 0.375. The van der Waals surface area contributed by atoms with E-state index in [1.807, 2.05) is 36.2 Å². The van der Waals surface area contributed by atoms with Gasteiger partial charge in [0.1, 0.15) is 11.4 Å². The maximum absolute atomic E-state index is 11.5. The number of carbonyl (C=O) groups is 1. The lowest BCUT2D eigenvalue weighted by molar-refractivity contribution is 0.0697. The van der Waals surface area contributed by atoms with Crippen LogP contribution in [0.4, 0.5) is 5.82 Å². The number of rotatable bonds is 5. The van der Waals surface area contributed by atoms with Crippen LogP contribution in [-0.4, -0.2) is 29.1 Å². The molecule has 0 atom stereocenters. The van der Waals surface area contributed by atoms with Crippen LogP contribution in [0.15, 0.2) is 30.3 Å². The number of nitrogens with zero attached hydrogens (tertiary/aromatic N) is 2. The zero-order valence-corrected chi connectivity index (χ0v) is 12.1. The van der Waals surface area contributed by atoms with Crippen molar-refractivity contribution in [2.75, 3.05) is 11.9 Å². The first-order valence-electron chi connectivity index (χ1n) is 6.94. The first-order valence-corrected chi connectivity index (χ1v) is 6.94. The third kappa shape index (κ3) is 2.59. The van der Waals surface area contributed by atoms with Crippen LogP contribution in [0.2, 0.25) is 0 Å². The second kappa shape index (κ2) is 5.90. The Hall–Kier alpha value is -2.10. The van der Waals surface area contributed by atoms with Gasteiger partial charge in [-0.2, -0.15) is 0 Å². The molecule has 0 saturated carbocycles. The van der Waals surface area contributed by atoms with Crippen molar-refractivity contribution in [1.29, 1.82) is 0 Å². The van der Waals surface area contributed by atoms with Gasteiger partial charge in [0.15, 0.2) is 0 Å². The molecule has 4 nitrogen and oxygen atoms in total. The number of aromatic nitrogens is 1. The molecule has 0 aliphatic carbocycles.